The minimum atomic E-state index is 0.813. The van der Waals surface area contributed by atoms with Gasteiger partial charge in [-0.25, -0.2) is 0 Å². The van der Waals surface area contributed by atoms with Gasteiger partial charge in [0.25, 0.3) is 0 Å². The van der Waals surface area contributed by atoms with E-state index in [9.17, 15) is 0 Å². The van der Waals surface area contributed by atoms with Crippen LogP contribution < -0.4 is 5.32 Å². The molecule has 1 N–H and O–H groups in total. The van der Waals surface area contributed by atoms with Gasteiger partial charge in [-0.2, -0.15) is 0 Å². The lowest BCUT2D eigenvalue weighted by Gasteiger charge is -2.23. The van der Waals surface area contributed by atoms with E-state index in [-0.39, 0.29) is 0 Å². The Hall–Kier alpha value is -0.890. The number of rotatable bonds is 3. The van der Waals surface area contributed by atoms with E-state index in [2.05, 4.69) is 23.3 Å². The summed E-state index contributed by atoms with van der Waals surface area (Å²) in [4.78, 5) is 4.24. The first-order valence-corrected chi connectivity index (χ1v) is 6.02. The molecule has 1 saturated heterocycles. The Morgan fingerprint density at radius 2 is 2.40 bits per heavy atom. The van der Waals surface area contributed by atoms with Crippen LogP contribution in [0.5, 0.6) is 0 Å². The molecule has 0 bridgehead atoms. The molecule has 2 heterocycles. The van der Waals surface area contributed by atoms with Gasteiger partial charge in [0, 0.05) is 12.4 Å². The first-order chi connectivity index (χ1) is 7.40. The zero-order chi connectivity index (χ0) is 10.5. The van der Waals surface area contributed by atoms with Crippen molar-refractivity contribution >= 4 is 0 Å². The monoisotopic (exact) mass is 204 g/mol. The van der Waals surface area contributed by atoms with Crippen LogP contribution in [-0.2, 0) is 12.8 Å². The van der Waals surface area contributed by atoms with Crippen molar-refractivity contribution in [3.05, 3.63) is 29.6 Å². The van der Waals surface area contributed by atoms with E-state index in [0.29, 0.717) is 0 Å². The molecular weight excluding hydrogens is 184 g/mol. The van der Waals surface area contributed by atoms with Gasteiger partial charge >= 0.3 is 0 Å². The van der Waals surface area contributed by atoms with E-state index in [4.69, 9.17) is 0 Å². The first-order valence-electron chi connectivity index (χ1n) is 6.02. The third kappa shape index (κ3) is 2.78. The third-order valence-electron chi connectivity index (χ3n) is 3.29. The van der Waals surface area contributed by atoms with Crippen LogP contribution in [0.4, 0.5) is 0 Å². The van der Waals surface area contributed by atoms with Crippen LogP contribution in [0, 0.1) is 5.92 Å². The molecule has 0 radical (unpaired) electrons. The van der Waals surface area contributed by atoms with Crippen molar-refractivity contribution in [2.45, 2.75) is 32.6 Å². The molecule has 0 amide bonds. The van der Waals surface area contributed by atoms with Crippen molar-refractivity contribution in [2.75, 3.05) is 13.1 Å². The number of aromatic nitrogens is 1. The van der Waals surface area contributed by atoms with Crippen LogP contribution in [0.3, 0.4) is 0 Å². The SMILES string of the molecule is CCc1ccncc1CC1CCCNC1. The van der Waals surface area contributed by atoms with E-state index in [0.717, 1.165) is 12.3 Å². The molecule has 1 aliphatic heterocycles. The number of aryl methyl sites for hydroxylation is 1. The number of nitrogens with zero attached hydrogens (tertiary/aromatic N) is 1. The lowest BCUT2D eigenvalue weighted by Crippen LogP contribution is -2.31. The minimum Gasteiger partial charge on any atom is -0.316 e. The molecule has 1 aromatic rings. The van der Waals surface area contributed by atoms with E-state index in [1.165, 1.54) is 43.5 Å². The van der Waals surface area contributed by atoms with Gasteiger partial charge in [-0.3, -0.25) is 4.98 Å². The molecule has 0 aromatic carbocycles. The topological polar surface area (TPSA) is 24.9 Å². The molecule has 0 spiro atoms. The summed E-state index contributed by atoms with van der Waals surface area (Å²) in [5.41, 5.74) is 2.92. The van der Waals surface area contributed by atoms with Crippen LogP contribution in [0.15, 0.2) is 18.5 Å². The number of hydrogen-bond acceptors (Lipinski definition) is 2. The second-order valence-corrected chi connectivity index (χ2v) is 4.41. The van der Waals surface area contributed by atoms with E-state index >= 15 is 0 Å². The summed E-state index contributed by atoms with van der Waals surface area (Å²) in [7, 11) is 0. The largest absolute Gasteiger partial charge is 0.316 e. The molecule has 0 saturated carbocycles. The highest BCUT2D eigenvalue weighted by molar-refractivity contribution is 5.23. The first kappa shape index (κ1) is 10.6. The maximum atomic E-state index is 4.24. The summed E-state index contributed by atoms with van der Waals surface area (Å²) in [6, 6.07) is 2.16. The Kier molecular flexibility index (Phi) is 3.73. The van der Waals surface area contributed by atoms with Gasteiger partial charge in [0.05, 0.1) is 0 Å². The molecule has 15 heavy (non-hydrogen) atoms. The zero-order valence-corrected chi connectivity index (χ0v) is 9.50. The quantitative estimate of drug-likeness (QED) is 0.816. The summed E-state index contributed by atoms with van der Waals surface area (Å²) in [6.07, 6.45) is 8.97. The van der Waals surface area contributed by atoms with Gasteiger partial charge in [-0.15, -0.1) is 0 Å². The molecule has 2 rings (SSSR count). The van der Waals surface area contributed by atoms with E-state index < -0.39 is 0 Å². The van der Waals surface area contributed by atoms with Crippen molar-refractivity contribution in [1.29, 1.82) is 0 Å². The highest BCUT2D eigenvalue weighted by Crippen LogP contribution is 2.18. The standard InChI is InChI=1S/C13H20N2/c1-2-12-5-7-15-10-13(12)8-11-4-3-6-14-9-11/h5,7,10-11,14H,2-4,6,8-9H2,1H3. The Bertz CT molecular complexity index is 303. The normalized spacial score (nSPS) is 21.5. The molecule has 1 atom stereocenters. The predicted molar refractivity (Wildman–Crippen MR) is 62.9 cm³/mol. The highest BCUT2D eigenvalue weighted by Gasteiger charge is 2.14. The van der Waals surface area contributed by atoms with Crippen molar-refractivity contribution < 1.29 is 0 Å². The number of hydrogen-bond donors (Lipinski definition) is 1. The summed E-state index contributed by atoms with van der Waals surface area (Å²) in [6.45, 7) is 4.60. The van der Waals surface area contributed by atoms with Crippen molar-refractivity contribution in [3.63, 3.8) is 0 Å². The molecule has 82 valence electrons. The number of piperidine rings is 1. The lowest BCUT2D eigenvalue weighted by atomic mass is 9.91. The van der Waals surface area contributed by atoms with Crippen molar-refractivity contribution in [1.82, 2.24) is 10.3 Å². The Morgan fingerprint density at radius 3 is 3.13 bits per heavy atom. The smallest absolute Gasteiger partial charge is 0.0302 e. The zero-order valence-electron chi connectivity index (χ0n) is 9.50. The molecule has 2 heteroatoms. The summed E-state index contributed by atoms with van der Waals surface area (Å²) >= 11 is 0. The van der Waals surface area contributed by atoms with Crippen LogP contribution >= 0.6 is 0 Å². The van der Waals surface area contributed by atoms with Crippen LogP contribution in [0.25, 0.3) is 0 Å². The fourth-order valence-electron chi connectivity index (χ4n) is 2.39. The summed E-state index contributed by atoms with van der Waals surface area (Å²) < 4.78 is 0. The van der Waals surface area contributed by atoms with Crippen molar-refractivity contribution in [2.24, 2.45) is 5.92 Å². The fraction of sp³-hybridized carbons (Fsp3) is 0.615. The second kappa shape index (κ2) is 5.26. The van der Waals surface area contributed by atoms with Gasteiger partial charge in [-0.05, 0) is 61.9 Å². The van der Waals surface area contributed by atoms with Crippen molar-refractivity contribution in [3.8, 4) is 0 Å². The van der Waals surface area contributed by atoms with E-state index in [1.54, 1.807) is 0 Å². The van der Waals surface area contributed by atoms with E-state index in [1.807, 2.05) is 12.4 Å². The number of nitrogens with one attached hydrogen (secondary N) is 1. The van der Waals surface area contributed by atoms with Gasteiger partial charge in [0.2, 0.25) is 0 Å². The second-order valence-electron chi connectivity index (χ2n) is 4.41. The van der Waals surface area contributed by atoms with Gasteiger partial charge in [0.1, 0.15) is 0 Å². The van der Waals surface area contributed by atoms with Gasteiger partial charge in [-0.1, -0.05) is 6.92 Å². The predicted octanol–water partition coefficient (Wildman–Crippen LogP) is 2.19. The lowest BCUT2D eigenvalue weighted by molar-refractivity contribution is 0.375. The average molecular weight is 204 g/mol. The molecular formula is C13H20N2. The summed E-state index contributed by atoms with van der Waals surface area (Å²) in [5, 5.41) is 3.47. The molecule has 2 nitrogen and oxygen atoms in total. The van der Waals surface area contributed by atoms with Crippen LogP contribution in [0.2, 0.25) is 0 Å². The highest BCUT2D eigenvalue weighted by atomic mass is 14.9. The molecule has 0 aliphatic carbocycles. The molecule has 1 unspecified atom stereocenters. The average Bonchev–Trinajstić information content (AvgIpc) is 2.31. The number of pyridine rings is 1. The van der Waals surface area contributed by atoms with Crippen LogP contribution in [0.1, 0.15) is 30.9 Å². The minimum absolute atomic E-state index is 0.813. The Labute approximate surface area is 92.1 Å². The maximum absolute atomic E-state index is 4.24. The van der Waals surface area contributed by atoms with Crippen LogP contribution in [-0.4, -0.2) is 18.1 Å². The fourth-order valence-corrected chi connectivity index (χ4v) is 2.39. The van der Waals surface area contributed by atoms with Gasteiger partial charge < -0.3 is 5.32 Å². The Morgan fingerprint density at radius 1 is 1.47 bits per heavy atom. The maximum Gasteiger partial charge on any atom is 0.0302 e. The van der Waals surface area contributed by atoms with Gasteiger partial charge in [0.15, 0.2) is 0 Å². The molecule has 1 aromatic heterocycles. The Balaban J connectivity index is 2.02. The molecule has 1 fully saturated rings. The molecule has 1 aliphatic rings. The summed E-state index contributed by atoms with van der Waals surface area (Å²) in [5.74, 6) is 0.813. The third-order valence-corrected chi connectivity index (χ3v) is 3.29.